The molecule has 0 saturated carbocycles. The molecule has 1 N–H and O–H groups in total. The number of aromatic nitrogens is 3. The summed E-state index contributed by atoms with van der Waals surface area (Å²) in [5.74, 6) is 0. The molecule has 5 heteroatoms. The fraction of sp³-hybridized carbons (Fsp3) is 0.250. The number of rotatable bonds is 1. The van der Waals surface area contributed by atoms with Gasteiger partial charge in [0.25, 0.3) is 5.56 Å². The Labute approximate surface area is 126 Å². The molecule has 1 aromatic carbocycles. The molecule has 0 spiro atoms. The summed E-state index contributed by atoms with van der Waals surface area (Å²) in [5.41, 5.74) is 5.37. The summed E-state index contributed by atoms with van der Waals surface area (Å²) in [7, 11) is 0. The molecule has 2 heterocycles. The Kier molecular flexibility index (Phi) is 2.69. The summed E-state index contributed by atoms with van der Waals surface area (Å²) in [4.78, 5) is 17.3. The fourth-order valence-electron chi connectivity index (χ4n) is 3.14. The zero-order valence-corrected chi connectivity index (χ0v) is 12.4. The van der Waals surface area contributed by atoms with Crippen molar-refractivity contribution in [1.82, 2.24) is 14.6 Å². The second-order valence-electron chi connectivity index (χ2n) is 5.48. The smallest absolute Gasteiger partial charge is 0.276 e. The van der Waals surface area contributed by atoms with Crippen molar-refractivity contribution in [3.8, 4) is 11.1 Å². The minimum absolute atomic E-state index is 0.0314. The molecule has 1 aliphatic carbocycles. The van der Waals surface area contributed by atoms with E-state index in [1.54, 1.807) is 4.52 Å². The van der Waals surface area contributed by atoms with Gasteiger partial charge in [-0.1, -0.05) is 23.7 Å². The van der Waals surface area contributed by atoms with Gasteiger partial charge in [0.2, 0.25) is 0 Å². The van der Waals surface area contributed by atoms with Gasteiger partial charge < -0.3 is 0 Å². The van der Waals surface area contributed by atoms with Gasteiger partial charge in [-0.3, -0.25) is 9.89 Å². The molecule has 0 radical (unpaired) electrons. The number of hydrogen-bond acceptors (Lipinski definition) is 2. The van der Waals surface area contributed by atoms with Crippen LogP contribution in [0.15, 0.2) is 29.1 Å². The van der Waals surface area contributed by atoms with Gasteiger partial charge in [0.15, 0.2) is 5.65 Å². The van der Waals surface area contributed by atoms with Gasteiger partial charge >= 0.3 is 0 Å². The minimum Gasteiger partial charge on any atom is -0.293 e. The molecule has 3 aromatic rings. The number of fused-ring (bicyclic) bond motifs is 2. The van der Waals surface area contributed by atoms with Crippen molar-refractivity contribution in [3.05, 3.63) is 56.6 Å². The first-order valence-electron chi connectivity index (χ1n) is 7.04. The second-order valence-corrected chi connectivity index (χ2v) is 5.91. The van der Waals surface area contributed by atoms with Gasteiger partial charge in [-0.05, 0) is 43.9 Å². The van der Waals surface area contributed by atoms with Crippen LogP contribution in [0.4, 0.5) is 0 Å². The van der Waals surface area contributed by atoms with E-state index in [9.17, 15) is 4.79 Å². The number of benzene rings is 1. The predicted molar refractivity (Wildman–Crippen MR) is 83.0 cm³/mol. The standard InChI is InChI=1S/C16H14ClN3O/c1-9-14(10-4-2-5-11(17)8-10)15-18-13-7-3-6-12(13)16(21)20(15)19-9/h2,4-5,8,19H,3,6-7H2,1H3. The number of halogens is 1. The first-order valence-corrected chi connectivity index (χ1v) is 7.42. The summed E-state index contributed by atoms with van der Waals surface area (Å²) in [6, 6.07) is 7.64. The van der Waals surface area contributed by atoms with E-state index in [4.69, 9.17) is 16.6 Å². The van der Waals surface area contributed by atoms with E-state index >= 15 is 0 Å². The molecule has 0 amide bonds. The molecule has 0 atom stereocenters. The average molecular weight is 300 g/mol. The van der Waals surface area contributed by atoms with E-state index in [1.807, 2.05) is 31.2 Å². The SMILES string of the molecule is Cc1[nH]n2c(=O)c3c(nc2c1-c1cccc(Cl)c1)CCC3. The van der Waals surface area contributed by atoms with Gasteiger partial charge in [-0.15, -0.1) is 0 Å². The van der Waals surface area contributed by atoms with Crippen LogP contribution in [-0.4, -0.2) is 14.6 Å². The molecule has 2 aromatic heterocycles. The summed E-state index contributed by atoms with van der Waals surface area (Å²) in [6.07, 6.45) is 2.73. The van der Waals surface area contributed by atoms with Crippen molar-refractivity contribution in [2.24, 2.45) is 0 Å². The summed E-state index contributed by atoms with van der Waals surface area (Å²) < 4.78 is 1.57. The van der Waals surface area contributed by atoms with E-state index in [2.05, 4.69) is 5.10 Å². The molecule has 0 aliphatic heterocycles. The van der Waals surface area contributed by atoms with Gasteiger partial charge in [0.05, 0.1) is 5.69 Å². The highest BCUT2D eigenvalue weighted by Crippen LogP contribution is 2.29. The van der Waals surface area contributed by atoms with Crippen molar-refractivity contribution in [1.29, 1.82) is 0 Å². The Hall–Kier alpha value is -2.07. The molecule has 21 heavy (non-hydrogen) atoms. The zero-order valence-electron chi connectivity index (χ0n) is 11.6. The van der Waals surface area contributed by atoms with Crippen LogP contribution in [0.5, 0.6) is 0 Å². The Morgan fingerprint density at radius 1 is 1.33 bits per heavy atom. The lowest BCUT2D eigenvalue weighted by Crippen LogP contribution is -2.20. The molecule has 106 valence electrons. The van der Waals surface area contributed by atoms with Crippen LogP contribution < -0.4 is 5.56 Å². The molecular formula is C16H14ClN3O. The van der Waals surface area contributed by atoms with E-state index in [0.29, 0.717) is 10.7 Å². The molecule has 4 rings (SSSR count). The van der Waals surface area contributed by atoms with Crippen molar-refractivity contribution >= 4 is 17.2 Å². The van der Waals surface area contributed by atoms with E-state index in [1.165, 1.54) is 0 Å². The molecule has 0 saturated heterocycles. The van der Waals surface area contributed by atoms with Crippen LogP contribution in [0, 0.1) is 6.92 Å². The number of aryl methyl sites for hydroxylation is 2. The monoisotopic (exact) mass is 299 g/mol. The van der Waals surface area contributed by atoms with Crippen molar-refractivity contribution in [2.45, 2.75) is 26.2 Å². The lowest BCUT2D eigenvalue weighted by atomic mass is 10.1. The van der Waals surface area contributed by atoms with E-state index in [-0.39, 0.29) is 5.56 Å². The number of aromatic amines is 1. The normalized spacial score (nSPS) is 13.8. The second kappa shape index (κ2) is 4.46. The molecule has 0 bridgehead atoms. The van der Waals surface area contributed by atoms with E-state index in [0.717, 1.165) is 47.3 Å². The molecule has 4 nitrogen and oxygen atoms in total. The molecular weight excluding hydrogens is 286 g/mol. The van der Waals surface area contributed by atoms with Crippen LogP contribution >= 0.6 is 11.6 Å². The quantitative estimate of drug-likeness (QED) is 0.750. The Morgan fingerprint density at radius 3 is 3.00 bits per heavy atom. The highest BCUT2D eigenvalue weighted by atomic mass is 35.5. The van der Waals surface area contributed by atoms with Gasteiger partial charge in [-0.25, -0.2) is 9.50 Å². The average Bonchev–Trinajstić information content (AvgIpc) is 3.03. The topological polar surface area (TPSA) is 50.2 Å². The third-order valence-electron chi connectivity index (χ3n) is 4.09. The highest BCUT2D eigenvalue weighted by Gasteiger charge is 2.21. The lowest BCUT2D eigenvalue weighted by molar-refractivity contribution is 0.856. The maximum absolute atomic E-state index is 12.5. The van der Waals surface area contributed by atoms with Crippen molar-refractivity contribution in [2.75, 3.05) is 0 Å². The van der Waals surface area contributed by atoms with Crippen LogP contribution in [-0.2, 0) is 12.8 Å². The third-order valence-corrected chi connectivity index (χ3v) is 4.33. The van der Waals surface area contributed by atoms with Gasteiger partial charge in [0.1, 0.15) is 0 Å². The van der Waals surface area contributed by atoms with Crippen LogP contribution in [0.25, 0.3) is 16.8 Å². The summed E-state index contributed by atoms with van der Waals surface area (Å²) in [6.45, 7) is 1.95. The van der Waals surface area contributed by atoms with Crippen LogP contribution in [0.2, 0.25) is 5.02 Å². The van der Waals surface area contributed by atoms with Crippen molar-refractivity contribution in [3.63, 3.8) is 0 Å². The predicted octanol–water partition coefficient (Wildman–Crippen LogP) is 3.14. The van der Waals surface area contributed by atoms with Crippen molar-refractivity contribution < 1.29 is 0 Å². The lowest BCUT2D eigenvalue weighted by Gasteiger charge is -2.03. The first kappa shape index (κ1) is 12.7. The Morgan fingerprint density at radius 2 is 2.19 bits per heavy atom. The summed E-state index contributed by atoms with van der Waals surface area (Å²) >= 11 is 6.09. The van der Waals surface area contributed by atoms with E-state index < -0.39 is 0 Å². The number of nitrogens with one attached hydrogen (secondary N) is 1. The largest absolute Gasteiger partial charge is 0.293 e. The number of H-pyrrole nitrogens is 1. The molecule has 1 aliphatic rings. The maximum atomic E-state index is 12.5. The highest BCUT2D eigenvalue weighted by molar-refractivity contribution is 6.30. The van der Waals surface area contributed by atoms with Crippen LogP contribution in [0.3, 0.4) is 0 Å². The maximum Gasteiger partial charge on any atom is 0.276 e. The van der Waals surface area contributed by atoms with Gasteiger partial charge in [-0.2, -0.15) is 0 Å². The summed E-state index contributed by atoms with van der Waals surface area (Å²) in [5, 5.41) is 3.82. The minimum atomic E-state index is 0.0314. The Balaban J connectivity index is 2.09. The third kappa shape index (κ3) is 1.83. The van der Waals surface area contributed by atoms with Gasteiger partial charge in [0, 0.05) is 21.8 Å². The molecule has 0 unspecified atom stereocenters. The molecule has 0 fully saturated rings. The van der Waals surface area contributed by atoms with Crippen LogP contribution in [0.1, 0.15) is 23.4 Å². The zero-order chi connectivity index (χ0) is 14.6. The Bertz CT molecular complexity index is 923. The number of nitrogens with zero attached hydrogens (tertiary/aromatic N) is 2. The first-order chi connectivity index (χ1) is 10.1. The number of hydrogen-bond donors (Lipinski definition) is 1. The fourth-order valence-corrected chi connectivity index (χ4v) is 3.33.